The van der Waals surface area contributed by atoms with Crippen molar-refractivity contribution < 1.29 is 14.7 Å². The van der Waals surface area contributed by atoms with E-state index in [1.807, 2.05) is 11.2 Å². The number of thioether (sulfide) groups is 1. The second-order valence-electron chi connectivity index (χ2n) is 5.68. The third-order valence-corrected chi connectivity index (χ3v) is 4.99. The van der Waals surface area contributed by atoms with E-state index in [0.29, 0.717) is 12.6 Å². The van der Waals surface area contributed by atoms with Crippen LogP contribution in [-0.4, -0.2) is 77.2 Å². The van der Waals surface area contributed by atoms with Crippen LogP contribution in [0.3, 0.4) is 0 Å². The summed E-state index contributed by atoms with van der Waals surface area (Å²) in [6, 6.07) is -0.000454. The molecule has 0 saturated carbocycles. The number of aliphatic carboxylic acids is 1. The standard InChI is InChI=1S/C14H25N3O3S/c1-21-10-6-15-14(20)16-8-4-11(5-9-16)17-7-2-3-12(17)13(18)19/h11-12H,2-10H2,1H3,(H,15,20)(H,18,19). The molecule has 21 heavy (non-hydrogen) atoms. The van der Waals surface area contributed by atoms with Crippen molar-refractivity contribution in [3.8, 4) is 0 Å². The zero-order chi connectivity index (χ0) is 15.2. The molecule has 0 radical (unpaired) electrons. The highest BCUT2D eigenvalue weighted by Crippen LogP contribution is 2.26. The Bertz CT molecular complexity index is 372. The van der Waals surface area contributed by atoms with Crippen LogP contribution in [0.25, 0.3) is 0 Å². The molecule has 2 rings (SSSR count). The minimum atomic E-state index is -0.704. The molecule has 1 unspecified atom stereocenters. The molecule has 2 fully saturated rings. The normalized spacial score (nSPS) is 24.2. The van der Waals surface area contributed by atoms with Crippen LogP contribution in [-0.2, 0) is 4.79 Å². The molecule has 2 aliphatic rings. The number of nitrogens with one attached hydrogen (secondary N) is 1. The summed E-state index contributed by atoms with van der Waals surface area (Å²) >= 11 is 1.71. The van der Waals surface area contributed by atoms with Gasteiger partial charge < -0.3 is 15.3 Å². The van der Waals surface area contributed by atoms with E-state index in [4.69, 9.17) is 0 Å². The Hall–Kier alpha value is -0.950. The maximum atomic E-state index is 12.0. The molecule has 2 N–H and O–H groups in total. The fourth-order valence-electron chi connectivity index (χ4n) is 3.26. The van der Waals surface area contributed by atoms with Gasteiger partial charge in [0.1, 0.15) is 6.04 Å². The van der Waals surface area contributed by atoms with Crippen LogP contribution in [0.15, 0.2) is 0 Å². The van der Waals surface area contributed by atoms with Crippen LogP contribution in [0.1, 0.15) is 25.7 Å². The average Bonchev–Trinajstić information content (AvgIpc) is 2.97. The van der Waals surface area contributed by atoms with E-state index in [1.54, 1.807) is 11.8 Å². The van der Waals surface area contributed by atoms with E-state index in [-0.39, 0.29) is 12.1 Å². The number of carbonyl (C=O) groups excluding carboxylic acids is 1. The average molecular weight is 315 g/mol. The van der Waals surface area contributed by atoms with Crippen molar-refractivity contribution in [2.24, 2.45) is 0 Å². The first-order valence-electron chi connectivity index (χ1n) is 7.63. The van der Waals surface area contributed by atoms with Crippen molar-refractivity contribution in [3.63, 3.8) is 0 Å². The molecule has 0 aliphatic carbocycles. The quantitative estimate of drug-likeness (QED) is 0.743. The maximum absolute atomic E-state index is 12.0. The minimum absolute atomic E-state index is 0.0127. The van der Waals surface area contributed by atoms with Gasteiger partial charge in [-0.25, -0.2) is 4.79 Å². The number of nitrogens with zero attached hydrogens (tertiary/aromatic N) is 2. The number of likely N-dealkylation sites (tertiary alicyclic amines) is 2. The van der Waals surface area contributed by atoms with Crippen molar-refractivity contribution in [2.75, 3.05) is 38.2 Å². The van der Waals surface area contributed by atoms with Gasteiger partial charge in [-0.05, 0) is 38.5 Å². The number of hydrogen-bond acceptors (Lipinski definition) is 4. The molecule has 0 spiro atoms. The summed E-state index contributed by atoms with van der Waals surface area (Å²) in [6.45, 7) is 3.02. The molecule has 0 aromatic heterocycles. The van der Waals surface area contributed by atoms with Crippen LogP contribution in [0.5, 0.6) is 0 Å². The third-order valence-electron chi connectivity index (χ3n) is 4.38. The molecule has 2 heterocycles. The number of urea groups is 1. The van der Waals surface area contributed by atoms with Gasteiger partial charge in [-0.3, -0.25) is 9.69 Å². The van der Waals surface area contributed by atoms with Crippen molar-refractivity contribution >= 4 is 23.8 Å². The molecule has 0 aromatic rings. The largest absolute Gasteiger partial charge is 0.480 e. The van der Waals surface area contributed by atoms with Gasteiger partial charge in [-0.15, -0.1) is 0 Å². The third kappa shape index (κ3) is 4.26. The topological polar surface area (TPSA) is 72.9 Å². The number of carboxylic acid groups (broad SMARTS) is 1. The second kappa shape index (κ2) is 7.89. The maximum Gasteiger partial charge on any atom is 0.320 e. The van der Waals surface area contributed by atoms with Gasteiger partial charge >= 0.3 is 12.0 Å². The highest BCUT2D eigenvalue weighted by Gasteiger charge is 2.37. The van der Waals surface area contributed by atoms with Crippen LogP contribution in [0.2, 0.25) is 0 Å². The summed E-state index contributed by atoms with van der Waals surface area (Å²) in [4.78, 5) is 27.2. The van der Waals surface area contributed by atoms with E-state index in [1.165, 1.54) is 0 Å². The predicted molar refractivity (Wildman–Crippen MR) is 83.7 cm³/mol. The number of carboxylic acids is 1. The summed E-state index contributed by atoms with van der Waals surface area (Å²) in [5, 5.41) is 12.2. The Morgan fingerprint density at radius 1 is 1.24 bits per heavy atom. The Labute approximate surface area is 130 Å². The highest BCUT2D eigenvalue weighted by molar-refractivity contribution is 7.98. The lowest BCUT2D eigenvalue weighted by Gasteiger charge is -2.38. The number of rotatable bonds is 5. The van der Waals surface area contributed by atoms with E-state index < -0.39 is 5.97 Å². The number of piperidine rings is 1. The lowest BCUT2D eigenvalue weighted by Crippen LogP contribution is -2.51. The van der Waals surface area contributed by atoms with E-state index >= 15 is 0 Å². The van der Waals surface area contributed by atoms with E-state index in [9.17, 15) is 14.7 Å². The predicted octanol–water partition coefficient (Wildman–Crippen LogP) is 1.07. The molecule has 1 atom stereocenters. The molecule has 2 aliphatic heterocycles. The zero-order valence-electron chi connectivity index (χ0n) is 12.6. The molecule has 6 nitrogen and oxygen atoms in total. The molecular formula is C14H25N3O3S. The smallest absolute Gasteiger partial charge is 0.320 e. The Morgan fingerprint density at radius 2 is 1.95 bits per heavy atom. The molecule has 2 saturated heterocycles. The Kier molecular flexibility index (Phi) is 6.17. The zero-order valence-corrected chi connectivity index (χ0v) is 13.4. The van der Waals surface area contributed by atoms with Gasteiger partial charge in [0.2, 0.25) is 0 Å². The first-order chi connectivity index (χ1) is 10.1. The molecule has 7 heteroatoms. The molecule has 0 bridgehead atoms. The fraction of sp³-hybridized carbons (Fsp3) is 0.857. The lowest BCUT2D eigenvalue weighted by atomic mass is 10.0. The van der Waals surface area contributed by atoms with Crippen molar-refractivity contribution in [3.05, 3.63) is 0 Å². The van der Waals surface area contributed by atoms with Gasteiger partial charge in [-0.1, -0.05) is 0 Å². The Balaban J connectivity index is 1.77. The van der Waals surface area contributed by atoms with Gasteiger partial charge in [0.05, 0.1) is 0 Å². The van der Waals surface area contributed by atoms with Gasteiger partial charge in [0.25, 0.3) is 0 Å². The molecule has 0 aromatic carbocycles. The Morgan fingerprint density at radius 3 is 2.57 bits per heavy atom. The molecule has 2 amide bonds. The number of hydrogen-bond donors (Lipinski definition) is 2. The van der Waals surface area contributed by atoms with Crippen LogP contribution in [0, 0.1) is 0 Å². The SMILES string of the molecule is CSCCNC(=O)N1CCC(N2CCCC2C(=O)O)CC1. The summed E-state index contributed by atoms with van der Waals surface area (Å²) < 4.78 is 0. The highest BCUT2D eigenvalue weighted by atomic mass is 32.2. The second-order valence-corrected chi connectivity index (χ2v) is 6.66. The van der Waals surface area contributed by atoms with Gasteiger partial charge in [0, 0.05) is 31.4 Å². The first-order valence-corrected chi connectivity index (χ1v) is 9.03. The summed E-state index contributed by atoms with van der Waals surface area (Å²) in [5.74, 6) is 0.223. The summed E-state index contributed by atoms with van der Waals surface area (Å²) in [7, 11) is 0. The van der Waals surface area contributed by atoms with Gasteiger partial charge in [0.15, 0.2) is 0 Å². The number of amides is 2. The monoisotopic (exact) mass is 315 g/mol. The fourth-order valence-corrected chi connectivity index (χ4v) is 3.57. The molecule has 120 valence electrons. The van der Waals surface area contributed by atoms with Crippen LogP contribution < -0.4 is 5.32 Å². The molecular weight excluding hydrogens is 290 g/mol. The first kappa shape index (κ1) is 16.4. The van der Waals surface area contributed by atoms with E-state index in [2.05, 4.69) is 10.2 Å². The minimum Gasteiger partial charge on any atom is -0.480 e. The lowest BCUT2D eigenvalue weighted by molar-refractivity contribution is -0.143. The summed E-state index contributed by atoms with van der Waals surface area (Å²) in [5.41, 5.74) is 0. The van der Waals surface area contributed by atoms with E-state index in [0.717, 1.165) is 51.1 Å². The van der Waals surface area contributed by atoms with Crippen molar-refractivity contribution in [1.82, 2.24) is 15.1 Å². The number of carbonyl (C=O) groups is 2. The van der Waals surface area contributed by atoms with Crippen LogP contribution in [0.4, 0.5) is 4.79 Å². The summed E-state index contributed by atoms with van der Waals surface area (Å²) in [6.07, 6.45) is 5.49. The van der Waals surface area contributed by atoms with Gasteiger partial charge in [-0.2, -0.15) is 11.8 Å². The van der Waals surface area contributed by atoms with Crippen LogP contribution >= 0.6 is 11.8 Å². The van der Waals surface area contributed by atoms with Crippen molar-refractivity contribution in [2.45, 2.75) is 37.8 Å². The van der Waals surface area contributed by atoms with Crippen molar-refractivity contribution in [1.29, 1.82) is 0 Å².